The summed E-state index contributed by atoms with van der Waals surface area (Å²) in [5, 5.41) is 20.7. The summed E-state index contributed by atoms with van der Waals surface area (Å²) < 4.78 is 281. The van der Waals surface area contributed by atoms with Gasteiger partial charge in [0.15, 0.2) is 22.9 Å². The maximum absolute atomic E-state index is 15.5. The first-order chi connectivity index (χ1) is 59.4. The molecule has 4 N–H and O–H groups in total. The molecule has 4 aliphatic carbocycles. The fourth-order valence-electron chi connectivity index (χ4n) is 16.6. The highest BCUT2D eigenvalue weighted by Gasteiger charge is 2.68. The lowest BCUT2D eigenvalue weighted by Gasteiger charge is -2.24. The monoisotopic (exact) mass is 1850 g/mol. The van der Waals surface area contributed by atoms with Crippen LogP contribution in [0.4, 0.5) is 77.5 Å². The molecule has 0 unspecified atom stereocenters. The second-order valence-electron chi connectivity index (χ2n) is 30.4. The van der Waals surface area contributed by atoms with Crippen molar-refractivity contribution in [2.45, 2.75) is 87.4 Å². The average molecular weight is 1850 g/mol. The normalized spacial score (nSPS) is 17.0. The van der Waals surface area contributed by atoms with Gasteiger partial charge in [0.1, 0.15) is 88.2 Å². The minimum atomic E-state index is -3.96. The Morgan fingerprint density at radius 1 is 0.492 bits per heavy atom. The Hall–Kier alpha value is -12.5. The van der Waals surface area contributed by atoms with Crippen LogP contribution in [0.2, 0.25) is 15.1 Å². The summed E-state index contributed by atoms with van der Waals surface area (Å²) in [6.07, 6.45) is -5.95. The molecule has 8 aromatic heterocycles. The summed E-state index contributed by atoms with van der Waals surface area (Å²) in [5.74, 6) is -21.8. The van der Waals surface area contributed by atoms with Gasteiger partial charge in [0, 0.05) is 84.2 Å². The van der Waals surface area contributed by atoms with Gasteiger partial charge in [-0.3, -0.25) is 56.5 Å². The fraction of sp³-hybridized carbons (Fsp3) is 0.250. The molecule has 0 radical (unpaired) electrons. The van der Waals surface area contributed by atoms with Gasteiger partial charge in [-0.25, -0.2) is 85.1 Å². The van der Waals surface area contributed by atoms with Crippen molar-refractivity contribution >= 4 is 122 Å². The van der Waals surface area contributed by atoms with E-state index in [0.29, 0.717) is 27.6 Å². The van der Waals surface area contributed by atoms with E-state index in [-0.39, 0.29) is 140 Å². The highest BCUT2D eigenvalue weighted by Crippen LogP contribution is 2.69. The molecular formula is C80H56Cl3F15N18O8S2. The molecule has 46 heteroatoms. The lowest BCUT2D eigenvalue weighted by molar-refractivity contribution is -0.123. The molecule has 0 aliphatic heterocycles. The minimum absolute atomic E-state index is 0.00516. The number of benzene rings is 6. The summed E-state index contributed by atoms with van der Waals surface area (Å²) in [6, 6.07) is 18.4. The van der Waals surface area contributed by atoms with Crippen molar-refractivity contribution in [1.82, 2.24) is 78.8 Å². The maximum atomic E-state index is 15.5. The molecule has 2 fully saturated rings. The second kappa shape index (κ2) is 31.3. The van der Waals surface area contributed by atoms with Crippen LogP contribution in [0.15, 0.2) is 131 Å². The third-order valence-corrected chi connectivity index (χ3v) is 23.7. The smallest absolute Gasteiger partial charge is 0.293 e. The molecule has 652 valence electrons. The van der Waals surface area contributed by atoms with E-state index >= 15 is 26.3 Å². The Morgan fingerprint density at radius 3 is 1.25 bits per heavy atom. The molecule has 8 heterocycles. The Bertz CT molecular complexity index is 6930. The van der Waals surface area contributed by atoms with Gasteiger partial charge in [-0.1, -0.05) is 34.8 Å². The molecule has 6 atom stereocenters. The number of aromatic nitrogens is 14. The first kappa shape index (κ1) is 85.7. The van der Waals surface area contributed by atoms with Crippen molar-refractivity contribution in [3.63, 3.8) is 0 Å². The van der Waals surface area contributed by atoms with Gasteiger partial charge >= 0.3 is 0 Å². The number of anilines is 2. The van der Waals surface area contributed by atoms with Crippen LogP contribution in [-0.2, 0) is 81.5 Å². The Morgan fingerprint density at radius 2 is 0.881 bits per heavy atom. The number of carbonyl (C=O) groups excluding carboxylic acids is 2. The molecular weight excluding hydrogens is 1800 g/mol. The first-order valence-corrected chi connectivity index (χ1v) is 42.4. The van der Waals surface area contributed by atoms with E-state index in [4.69, 9.17) is 34.8 Å². The van der Waals surface area contributed by atoms with Gasteiger partial charge in [-0.15, -0.1) is 0 Å². The van der Waals surface area contributed by atoms with Gasteiger partial charge < -0.3 is 10.6 Å². The fourth-order valence-corrected chi connectivity index (χ4v) is 18.2. The highest BCUT2D eigenvalue weighted by atomic mass is 35.5. The quantitative estimate of drug-likeness (QED) is 0.0458. The molecule has 0 spiro atoms. The summed E-state index contributed by atoms with van der Waals surface area (Å²) in [6.45, 7) is -2.10. The van der Waals surface area contributed by atoms with Crippen LogP contribution in [0.5, 0.6) is 0 Å². The number of amides is 2. The van der Waals surface area contributed by atoms with Crippen molar-refractivity contribution in [1.29, 1.82) is 0 Å². The lowest BCUT2D eigenvalue weighted by Crippen LogP contribution is -2.38. The number of aryl methyl sites for hydroxylation is 2. The zero-order chi connectivity index (χ0) is 90.0. The summed E-state index contributed by atoms with van der Waals surface area (Å²) in [4.78, 5) is 76.2. The number of halogens is 18. The number of hydrogen-bond acceptors (Lipinski definition) is 16. The molecule has 26 nitrogen and oxygen atoms in total. The van der Waals surface area contributed by atoms with Crippen LogP contribution in [0, 0.1) is 52.6 Å². The number of alkyl halides is 8. The number of nitrogens with one attached hydrogen (secondary N) is 4. The molecule has 18 rings (SSSR count). The second-order valence-corrected chi connectivity index (χ2v) is 35.2. The molecule has 2 saturated carbocycles. The van der Waals surface area contributed by atoms with Crippen LogP contribution in [0.1, 0.15) is 106 Å². The van der Waals surface area contributed by atoms with Gasteiger partial charge in [-0.05, 0) is 139 Å². The third kappa shape index (κ3) is 15.6. The predicted molar refractivity (Wildman–Crippen MR) is 427 cm³/mol. The Kier molecular flexibility index (Phi) is 21.3. The van der Waals surface area contributed by atoms with E-state index in [1.807, 2.05) is 0 Å². The highest BCUT2D eigenvalue weighted by molar-refractivity contribution is 7.92. The van der Waals surface area contributed by atoms with E-state index in [9.17, 15) is 75.5 Å². The number of nitrogens with zero attached hydrogens (tertiary/aromatic N) is 14. The van der Waals surface area contributed by atoms with Gasteiger partial charge in [0.05, 0.1) is 90.0 Å². The Labute approximate surface area is 713 Å². The topological polar surface area (TPSA) is 317 Å². The summed E-state index contributed by atoms with van der Waals surface area (Å²) >= 11 is 19.1. The molecule has 2 amide bonds. The predicted octanol–water partition coefficient (Wildman–Crippen LogP) is 15.2. The van der Waals surface area contributed by atoms with Crippen LogP contribution in [-0.4, -0.2) is 109 Å². The van der Waals surface area contributed by atoms with Crippen LogP contribution in [0.3, 0.4) is 0 Å². The van der Waals surface area contributed by atoms with E-state index in [0.717, 1.165) is 64.1 Å². The van der Waals surface area contributed by atoms with Crippen molar-refractivity contribution in [3.05, 3.63) is 255 Å². The van der Waals surface area contributed by atoms with E-state index in [1.165, 1.54) is 84.1 Å². The number of rotatable bonds is 22. The number of hydrogen-bond donors (Lipinski definition) is 4. The van der Waals surface area contributed by atoms with Crippen LogP contribution in [0.25, 0.3) is 77.8 Å². The van der Waals surface area contributed by atoms with Crippen molar-refractivity contribution < 1.29 is 92.3 Å². The number of pyridine rings is 2. The first-order valence-electron chi connectivity index (χ1n) is 37.5. The van der Waals surface area contributed by atoms with Crippen LogP contribution >= 0.6 is 34.8 Å². The van der Waals surface area contributed by atoms with Gasteiger partial charge in [-0.2, -0.15) is 38.0 Å². The van der Waals surface area contributed by atoms with Crippen molar-refractivity contribution in [2.24, 2.45) is 25.9 Å². The molecule has 126 heavy (non-hydrogen) atoms. The zero-order valence-corrected chi connectivity index (χ0v) is 68.5. The SMILES string of the molecule is Cn1nc(NS(C)(=O)=O)c2c(Cl)ccc(-n3c([C@H](Cc4cc(F)cc(F)c4)NC(=O)Cn4nc(C(F)F)c5c4C(F)(F)[C@@H]4C[C@H]54)nc4nc(-c5ccc(Cl)cc5F)ccc4c3=O)c21.Cn1nc(NS(C)(=O)=O)c2c(Cl)ccc(-n3c([C@H](Cc4cc(F)cc(F)c4)NC(=O)Cn4nc(C(F)F)c5c4C(F)(F)[C@@H]4C[C@H]54)nc4nc(-c5ccc(F)cc5F)ccc4c3=O)c21. The summed E-state index contributed by atoms with van der Waals surface area (Å²) in [5.41, 5.74) is -7.32. The van der Waals surface area contributed by atoms with Crippen LogP contribution < -0.4 is 31.2 Å². The maximum Gasteiger partial charge on any atom is 0.293 e. The third-order valence-electron chi connectivity index (χ3n) is 21.7. The van der Waals surface area contributed by atoms with E-state index in [1.54, 1.807) is 0 Å². The van der Waals surface area contributed by atoms with Gasteiger partial charge in [0.2, 0.25) is 31.9 Å². The standard InChI is InChI=1S/C40H28Cl2F7N9O4S.C40H28ClF8N9O4S/c1-56-33-28(8-6-24(42)31(33)37(54-56)55-63(2,61)62)58-38(52-36-21(39(58)60)5-7-26(51-36)20-4-3-17(41)12-25(20)45)27(11-16-9-18(43)13-19(44)10-16)50-29(59)15-57-34-30(32(53-57)35(46)47)22-14-23(22)40(34,48)49;1-56-33-28(8-6-24(41)31(33)37(54-56)55-63(2,61)62)58-38(52-36-21(39(58)60)5-7-26(51-36)20-4-3-17(42)13-25(20)45)27(11-16-9-18(43)12-19(44)10-16)50-29(59)15-57-34-30(32(53-57)35(46)47)22-14-23(22)40(34,48)49/h2*3-10,12-13,22-23,27,35H,11,14-15H2,1-2H3,(H,50,59)(H,54,55)/t2*22-,23+,27-/m00/s1. The number of carbonyl (C=O) groups is 2. The molecule has 0 saturated heterocycles. The summed E-state index contributed by atoms with van der Waals surface area (Å²) in [7, 11) is -5.11. The van der Waals surface area contributed by atoms with Crippen molar-refractivity contribution in [3.8, 4) is 33.9 Å². The van der Waals surface area contributed by atoms with Gasteiger partial charge in [0.25, 0.3) is 35.8 Å². The molecule has 0 bridgehead atoms. The largest absolute Gasteiger partial charge is 0.344 e. The lowest BCUT2D eigenvalue weighted by atomic mass is 10.0. The molecule has 4 aliphatic rings. The Balaban J connectivity index is 0.000000178. The number of sulfonamides is 2. The number of fused-ring (bicyclic) bond motifs is 10. The zero-order valence-electron chi connectivity index (χ0n) is 64.6. The molecule has 6 aromatic carbocycles. The van der Waals surface area contributed by atoms with E-state index in [2.05, 4.69) is 60.4 Å². The van der Waals surface area contributed by atoms with Crippen molar-refractivity contribution in [2.75, 3.05) is 22.0 Å². The van der Waals surface area contributed by atoms with E-state index < -0.39 is 205 Å². The molecule has 14 aromatic rings. The minimum Gasteiger partial charge on any atom is -0.344 e. The average Bonchev–Trinajstić information content (AvgIpc) is 1.52.